The first-order valence-electron chi connectivity index (χ1n) is 7.70. The van der Waals surface area contributed by atoms with Crippen LogP contribution in [-0.4, -0.2) is 23.0 Å². The third kappa shape index (κ3) is 5.25. The molecule has 1 aliphatic rings. The molecule has 1 heterocycles. The molecule has 2 rings (SSSR count). The van der Waals surface area contributed by atoms with Crippen LogP contribution in [0.2, 0.25) is 0 Å². The molecule has 2 N–H and O–H groups in total. The van der Waals surface area contributed by atoms with Crippen molar-refractivity contribution in [1.82, 2.24) is 5.32 Å². The van der Waals surface area contributed by atoms with Crippen molar-refractivity contribution in [3.63, 3.8) is 0 Å². The summed E-state index contributed by atoms with van der Waals surface area (Å²) in [6.07, 6.45) is 10.5. The fourth-order valence-corrected chi connectivity index (χ4v) is 3.03. The predicted molar refractivity (Wildman–Crippen MR) is 78.0 cm³/mol. The van der Waals surface area contributed by atoms with Crippen LogP contribution in [0.3, 0.4) is 0 Å². The molecule has 1 aliphatic carbocycles. The predicted octanol–water partition coefficient (Wildman–Crippen LogP) is 3.21. The summed E-state index contributed by atoms with van der Waals surface area (Å²) in [7, 11) is 0. The normalized spacial score (nSPS) is 17.3. The maximum Gasteiger partial charge on any atom is 0.303 e. The van der Waals surface area contributed by atoms with Gasteiger partial charge in [-0.25, -0.2) is 0 Å². The molecule has 0 aliphatic heterocycles. The third-order valence-electron chi connectivity index (χ3n) is 4.17. The molecule has 21 heavy (non-hydrogen) atoms. The van der Waals surface area contributed by atoms with Crippen LogP contribution in [0.25, 0.3) is 0 Å². The SMILES string of the molecule is O=C(O)CCC(CC1CCCCC1)NC(=O)c1ccoc1. The fourth-order valence-electron chi connectivity index (χ4n) is 3.03. The van der Waals surface area contributed by atoms with Crippen molar-refractivity contribution in [2.45, 2.75) is 57.4 Å². The molecule has 0 saturated heterocycles. The molecule has 0 bridgehead atoms. The monoisotopic (exact) mass is 293 g/mol. The van der Waals surface area contributed by atoms with Crippen LogP contribution in [0.5, 0.6) is 0 Å². The van der Waals surface area contributed by atoms with E-state index in [1.807, 2.05) is 0 Å². The molecule has 5 nitrogen and oxygen atoms in total. The molecule has 1 atom stereocenters. The van der Waals surface area contributed by atoms with Gasteiger partial charge in [0.25, 0.3) is 5.91 Å². The smallest absolute Gasteiger partial charge is 0.303 e. The van der Waals surface area contributed by atoms with E-state index >= 15 is 0 Å². The highest BCUT2D eigenvalue weighted by Gasteiger charge is 2.21. The lowest BCUT2D eigenvalue weighted by molar-refractivity contribution is -0.137. The molecule has 1 aromatic rings. The number of hydrogen-bond acceptors (Lipinski definition) is 3. The molecule has 0 spiro atoms. The van der Waals surface area contributed by atoms with E-state index in [1.165, 1.54) is 44.6 Å². The first kappa shape index (κ1) is 15.6. The number of carboxylic acids is 1. The Hall–Kier alpha value is -1.78. The largest absolute Gasteiger partial charge is 0.481 e. The Labute approximate surface area is 124 Å². The lowest BCUT2D eigenvalue weighted by Crippen LogP contribution is -2.37. The lowest BCUT2D eigenvalue weighted by Gasteiger charge is -2.27. The summed E-state index contributed by atoms with van der Waals surface area (Å²) in [6.45, 7) is 0. The number of carboxylic acid groups (broad SMARTS) is 1. The highest BCUT2D eigenvalue weighted by atomic mass is 16.4. The van der Waals surface area contributed by atoms with Gasteiger partial charge in [-0.3, -0.25) is 9.59 Å². The summed E-state index contributed by atoms with van der Waals surface area (Å²) in [4.78, 5) is 22.9. The second-order valence-corrected chi connectivity index (χ2v) is 5.85. The van der Waals surface area contributed by atoms with Crippen molar-refractivity contribution in [2.75, 3.05) is 0 Å². The molecular formula is C16H23NO4. The lowest BCUT2D eigenvalue weighted by atomic mass is 9.84. The minimum Gasteiger partial charge on any atom is -0.481 e. The van der Waals surface area contributed by atoms with E-state index in [0.717, 1.165) is 6.42 Å². The van der Waals surface area contributed by atoms with Gasteiger partial charge in [0.1, 0.15) is 6.26 Å². The molecule has 1 saturated carbocycles. The number of carbonyl (C=O) groups is 2. The van der Waals surface area contributed by atoms with Gasteiger partial charge >= 0.3 is 5.97 Å². The Bertz CT molecular complexity index is 449. The van der Waals surface area contributed by atoms with Crippen LogP contribution in [-0.2, 0) is 4.79 Å². The maximum atomic E-state index is 12.1. The number of hydrogen-bond donors (Lipinski definition) is 2. The van der Waals surface area contributed by atoms with E-state index in [2.05, 4.69) is 5.32 Å². The van der Waals surface area contributed by atoms with Gasteiger partial charge in [-0.05, 0) is 24.8 Å². The topological polar surface area (TPSA) is 79.5 Å². The van der Waals surface area contributed by atoms with E-state index in [-0.39, 0.29) is 18.4 Å². The molecule has 1 unspecified atom stereocenters. The Morgan fingerprint density at radius 2 is 2.10 bits per heavy atom. The van der Waals surface area contributed by atoms with E-state index in [4.69, 9.17) is 9.52 Å². The van der Waals surface area contributed by atoms with Crippen molar-refractivity contribution in [3.8, 4) is 0 Å². The zero-order valence-corrected chi connectivity index (χ0v) is 12.2. The van der Waals surface area contributed by atoms with Gasteiger partial charge in [-0.1, -0.05) is 32.1 Å². The quantitative estimate of drug-likeness (QED) is 0.809. The summed E-state index contributed by atoms with van der Waals surface area (Å²) in [5.74, 6) is -0.404. The number of rotatable bonds is 7. The Morgan fingerprint density at radius 1 is 1.33 bits per heavy atom. The van der Waals surface area contributed by atoms with Gasteiger partial charge in [-0.15, -0.1) is 0 Å². The first-order valence-corrected chi connectivity index (χ1v) is 7.70. The van der Waals surface area contributed by atoms with Crippen molar-refractivity contribution < 1.29 is 19.1 Å². The second kappa shape index (κ2) is 7.86. The third-order valence-corrected chi connectivity index (χ3v) is 4.17. The van der Waals surface area contributed by atoms with E-state index < -0.39 is 5.97 Å². The van der Waals surface area contributed by atoms with Gasteiger partial charge in [0.2, 0.25) is 0 Å². The van der Waals surface area contributed by atoms with Gasteiger partial charge < -0.3 is 14.8 Å². The highest BCUT2D eigenvalue weighted by Crippen LogP contribution is 2.28. The van der Waals surface area contributed by atoms with Crippen LogP contribution in [0.4, 0.5) is 0 Å². The minimum atomic E-state index is -0.818. The molecule has 0 aromatic carbocycles. The minimum absolute atomic E-state index is 0.0772. The molecule has 116 valence electrons. The molecule has 1 fully saturated rings. The van der Waals surface area contributed by atoms with Crippen molar-refractivity contribution in [2.24, 2.45) is 5.92 Å². The van der Waals surface area contributed by atoms with Crippen molar-refractivity contribution >= 4 is 11.9 Å². The zero-order chi connectivity index (χ0) is 15.1. The van der Waals surface area contributed by atoms with E-state index in [0.29, 0.717) is 17.9 Å². The van der Waals surface area contributed by atoms with E-state index in [1.54, 1.807) is 6.07 Å². The molecule has 1 aromatic heterocycles. The summed E-state index contributed by atoms with van der Waals surface area (Å²) in [5, 5.41) is 11.8. The Morgan fingerprint density at radius 3 is 2.71 bits per heavy atom. The van der Waals surface area contributed by atoms with Gasteiger partial charge in [0.15, 0.2) is 0 Å². The molecular weight excluding hydrogens is 270 g/mol. The number of aliphatic carboxylic acids is 1. The first-order chi connectivity index (χ1) is 10.1. The molecule has 5 heteroatoms. The Kier molecular flexibility index (Phi) is 5.84. The van der Waals surface area contributed by atoms with E-state index in [9.17, 15) is 9.59 Å². The van der Waals surface area contributed by atoms with Crippen LogP contribution in [0.15, 0.2) is 23.0 Å². The number of amides is 1. The average molecular weight is 293 g/mol. The average Bonchev–Trinajstić information content (AvgIpc) is 3.00. The summed E-state index contributed by atoms with van der Waals surface area (Å²) in [5.41, 5.74) is 0.485. The van der Waals surface area contributed by atoms with Gasteiger partial charge in [-0.2, -0.15) is 0 Å². The number of carbonyl (C=O) groups excluding carboxylic acids is 1. The summed E-state index contributed by atoms with van der Waals surface area (Å²) < 4.78 is 4.91. The zero-order valence-electron chi connectivity index (χ0n) is 12.2. The maximum absolute atomic E-state index is 12.1. The molecule has 1 amide bonds. The Balaban J connectivity index is 1.90. The standard InChI is InChI=1S/C16H23NO4/c18-15(19)7-6-14(10-12-4-2-1-3-5-12)17-16(20)13-8-9-21-11-13/h8-9,11-12,14H,1-7,10H2,(H,17,20)(H,18,19). The summed E-state index contributed by atoms with van der Waals surface area (Å²) >= 11 is 0. The van der Waals surface area contributed by atoms with Crippen LogP contribution in [0, 0.1) is 5.92 Å². The summed E-state index contributed by atoms with van der Waals surface area (Å²) in [6, 6.07) is 1.54. The number of furan rings is 1. The van der Waals surface area contributed by atoms with Crippen molar-refractivity contribution in [1.29, 1.82) is 0 Å². The fraction of sp³-hybridized carbons (Fsp3) is 0.625. The van der Waals surface area contributed by atoms with Crippen molar-refractivity contribution in [3.05, 3.63) is 24.2 Å². The van der Waals surface area contributed by atoms with Crippen LogP contribution in [0.1, 0.15) is 61.7 Å². The van der Waals surface area contributed by atoms with Crippen LogP contribution < -0.4 is 5.32 Å². The molecule has 0 radical (unpaired) electrons. The van der Waals surface area contributed by atoms with Gasteiger partial charge in [0, 0.05) is 12.5 Å². The second-order valence-electron chi connectivity index (χ2n) is 5.85. The van der Waals surface area contributed by atoms with Crippen LogP contribution >= 0.6 is 0 Å². The number of nitrogens with one attached hydrogen (secondary N) is 1. The van der Waals surface area contributed by atoms with Gasteiger partial charge in [0.05, 0.1) is 11.8 Å². The highest BCUT2D eigenvalue weighted by molar-refractivity contribution is 5.93.